The highest BCUT2D eigenvalue weighted by atomic mass is 16.5. The summed E-state index contributed by atoms with van der Waals surface area (Å²) in [5, 5.41) is 0. The largest absolute Gasteiger partial charge is 0.496 e. The van der Waals surface area contributed by atoms with E-state index in [1.165, 1.54) is 0 Å². The molecule has 1 aliphatic rings. The number of likely N-dealkylation sites (tertiary alicyclic amines) is 1. The fourth-order valence-electron chi connectivity index (χ4n) is 2.30. The Balaban J connectivity index is 2.00. The van der Waals surface area contributed by atoms with Crippen LogP contribution in [-0.4, -0.2) is 31.0 Å². The molecular weight excluding hydrogens is 238 g/mol. The zero-order valence-corrected chi connectivity index (χ0v) is 11.6. The molecule has 1 aromatic carbocycles. The maximum atomic E-state index is 12.1. The monoisotopic (exact) mass is 259 g/mol. The average Bonchev–Trinajstić information content (AvgIpc) is 2.45. The maximum absolute atomic E-state index is 12.1. The Morgan fingerprint density at radius 3 is 2.68 bits per heavy atom. The Kier molecular flexibility index (Phi) is 4.61. The zero-order chi connectivity index (χ0) is 13.7. The fraction of sp³-hybridized carbons (Fsp3) is 0.438. The van der Waals surface area contributed by atoms with Crippen molar-refractivity contribution in [1.29, 1.82) is 0 Å². The molecule has 0 N–H and O–H groups in total. The molecule has 102 valence electrons. The van der Waals surface area contributed by atoms with Crippen LogP contribution in [0.4, 0.5) is 0 Å². The molecule has 0 aromatic heterocycles. The van der Waals surface area contributed by atoms with E-state index in [1.54, 1.807) is 13.2 Å². The van der Waals surface area contributed by atoms with Crippen molar-refractivity contribution in [3.8, 4) is 5.75 Å². The molecule has 3 heteroatoms. The van der Waals surface area contributed by atoms with E-state index in [9.17, 15) is 4.79 Å². The van der Waals surface area contributed by atoms with Gasteiger partial charge in [0.2, 0.25) is 5.91 Å². The van der Waals surface area contributed by atoms with Crippen molar-refractivity contribution in [1.82, 2.24) is 4.90 Å². The van der Waals surface area contributed by atoms with Gasteiger partial charge in [0.05, 0.1) is 7.11 Å². The molecule has 1 heterocycles. The molecule has 0 saturated carbocycles. The lowest BCUT2D eigenvalue weighted by Gasteiger charge is -2.29. The van der Waals surface area contributed by atoms with E-state index in [0.29, 0.717) is 0 Å². The quantitative estimate of drug-likeness (QED) is 0.781. The normalized spacial score (nSPS) is 16.8. The van der Waals surface area contributed by atoms with Crippen molar-refractivity contribution in [3.63, 3.8) is 0 Å². The Morgan fingerprint density at radius 2 is 2.00 bits per heavy atom. The molecule has 0 radical (unpaired) electrons. The first-order valence-electron chi connectivity index (χ1n) is 6.80. The summed E-state index contributed by atoms with van der Waals surface area (Å²) in [6.45, 7) is 3.99. The molecule has 1 aliphatic heterocycles. The van der Waals surface area contributed by atoms with Gasteiger partial charge < -0.3 is 9.64 Å². The maximum Gasteiger partial charge on any atom is 0.246 e. The summed E-state index contributed by atoms with van der Waals surface area (Å²) in [5.74, 6) is 1.62. The van der Waals surface area contributed by atoms with E-state index in [2.05, 4.69) is 6.92 Å². The van der Waals surface area contributed by atoms with Crippen LogP contribution >= 0.6 is 0 Å². The molecule has 0 spiro atoms. The van der Waals surface area contributed by atoms with Crippen LogP contribution in [0.2, 0.25) is 0 Å². The second-order valence-electron chi connectivity index (χ2n) is 5.08. The van der Waals surface area contributed by atoms with Crippen LogP contribution in [0.15, 0.2) is 30.3 Å². The van der Waals surface area contributed by atoms with Crippen molar-refractivity contribution in [3.05, 3.63) is 35.9 Å². The van der Waals surface area contributed by atoms with Gasteiger partial charge in [0.1, 0.15) is 5.75 Å². The number of hydrogen-bond acceptors (Lipinski definition) is 2. The third-order valence-corrected chi connectivity index (χ3v) is 3.64. The highest BCUT2D eigenvalue weighted by Crippen LogP contribution is 2.20. The number of para-hydroxylation sites is 1. The molecule has 0 atom stereocenters. The topological polar surface area (TPSA) is 29.5 Å². The fourth-order valence-corrected chi connectivity index (χ4v) is 2.30. The molecule has 1 fully saturated rings. The van der Waals surface area contributed by atoms with E-state index >= 15 is 0 Å². The minimum Gasteiger partial charge on any atom is -0.496 e. The number of nitrogens with zero attached hydrogens (tertiary/aromatic N) is 1. The van der Waals surface area contributed by atoms with Crippen molar-refractivity contribution in [2.24, 2.45) is 5.92 Å². The molecule has 0 aliphatic carbocycles. The third-order valence-electron chi connectivity index (χ3n) is 3.64. The molecule has 3 nitrogen and oxygen atoms in total. The lowest BCUT2D eigenvalue weighted by Crippen LogP contribution is -2.36. The summed E-state index contributed by atoms with van der Waals surface area (Å²) in [6.07, 6.45) is 5.69. The Morgan fingerprint density at radius 1 is 1.32 bits per heavy atom. The lowest BCUT2D eigenvalue weighted by atomic mass is 9.99. The highest BCUT2D eigenvalue weighted by molar-refractivity contribution is 5.92. The van der Waals surface area contributed by atoms with Crippen molar-refractivity contribution in [2.75, 3.05) is 20.2 Å². The molecular formula is C16H21NO2. The smallest absolute Gasteiger partial charge is 0.246 e. The summed E-state index contributed by atoms with van der Waals surface area (Å²) >= 11 is 0. The first-order chi connectivity index (χ1) is 9.20. The summed E-state index contributed by atoms with van der Waals surface area (Å²) in [7, 11) is 1.64. The Labute approximate surface area is 114 Å². The van der Waals surface area contributed by atoms with Crippen molar-refractivity contribution < 1.29 is 9.53 Å². The van der Waals surface area contributed by atoms with E-state index in [0.717, 1.165) is 43.2 Å². The van der Waals surface area contributed by atoms with Gasteiger partial charge in [0.25, 0.3) is 0 Å². The highest BCUT2D eigenvalue weighted by Gasteiger charge is 2.18. The standard InChI is InChI=1S/C16H21NO2/c1-13-9-11-17(12-10-13)16(18)8-7-14-5-3-4-6-15(14)19-2/h3-8,13H,9-12H2,1-2H3/b8-7+. The first kappa shape index (κ1) is 13.7. The van der Waals surface area contributed by atoms with Gasteiger partial charge in [-0.1, -0.05) is 25.1 Å². The third kappa shape index (κ3) is 3.60. The van der Waals surface area contributed by atoms with Gasteiger partial charge >= 0.3 is 0 Å². The summed E-state index contributed by atoms with van der Waals surface area (Å²) in [6, 6.07) is 7.70. The summed E-state index contributed by atoms with van der Waals surface area (Å²) < 4.78 is 5.26. The number of carbonyl (C=O) groups is 1. The van der Waals surface area contributed by atoms with E-state index in [1.807, 2.05) is 35.2 Å². The number of hydrogen-bond donors (Lipinski definition) is 0. The van der Waals surface area contributed by atoms with Gasteiger partial charge in [-0.25, -0.2) is 0 Å². The SMILES string of the molecule is COc1ccccc1/C=C/C(=O)N1CCC(C)CC1. The van der Waals surface area contributed by atoms with Crippen LogP contribution in [0.5, 0.6) is 5.75 Å². The lowest BCUT2D eigenvalue weighted by molar-refractivity contribution is -0.127. The number of rotatable bonds is 3. The van der Waals surface area contributed by atoms with Gasteiger partial charge in [0.15, 0.2) is 0 Å². The van der Waals surface area contributed by atoms with Gasteiger partial charge in [0, 0.05) is 24.7 Å². The van der Waals surface area contributed by atoms with Crippen LogP contribution in [0.25, 0.3) is 6.08 Å². The van der Waals surface area contributed by atoms with E-state index in [-0.39, 0.29) is 5.91 Å². The summed E-state index contributed by atoms with van der Waals surface area (Å²) in [4.78, 5) is 14.0. The zero-order valence-electron chi connectivity index (χ0n) is 11.6. The van der Waals surface area contributed by atoms with Gasteiger partial charge in [-0.3, -0.25) is 4.79 Å². The molecule has 1 amide bonds. The van der Waals surface area contributed by atoms with E-state index in [4.69, 9.17) is 4.74 Å². The Hall–Kier alpha value is -1.77. The molecule has 1 aromatic rings. The second kappa shape index (κ2) is 6.41. The van der Waals surface area contributed by atoms with Crippen LogP contribution < -0.4 is 4.74 Å². The molecule has 0 unspecified atom stereocenters. The van der Waals surface area contributed by atoms with Crippen LogP contribution in [0.1, 0.15) is 25.3 Å². The molecule has 1 saturated heterocycles. The van der Waals surface area contributed by atoms with Crippen LogP contribution in [-0.2, 0) is 4.79 Å². The predicted molar refractivity (Wildman–Crippen MR) is 77.0 cm³/mol. The number of piperidine rings is 1. The predicted octanol–water partition coefficient (Wildman–Crippen LogP) is 2.97. The second-order valence-corrected chi connectivity index (χ2v) is 5.08. The van der Waals surface area contributed by atoms with E-state index < -0.39 is 0 Å². The molecule has 2 rings (SSSR count). The number of benzene rings is 1. The van der Waals surface area contributed by atoms with Gasteiger partial charge in [-0.2, -0.15) is 0 Å². The van der Waals surface area contributed by atoms with Crippen molar-refractivity contribution >= 4 is 12.0 Å². The molecule has 19 heavy (non-hydrogen) atoms. The van der Waals surface area contributed by atoms with Gasteiger partial charge in [-0.15, -0.1) is 0 Å². The molecule has 0 bridgehead atoms. The number of carbonyl (C=O) groups excluding carboxylic acids is 1. The minimum atomic E-state index is 0.0952. The Bertz CT molecular complexity index is 460. The minimum absolute atomic E-state index is 0.0952. The van der Waals surface area contributed by atoms with Crippen LogP contribution in [0.3, 0.4) is 0 Å². The average molecular weight is 259 g/mol. The van der Waals surface area contributed by atoms with Gasteiger partial charge in [-0.05, 0) is 30.9 Å². The van der Waals surface area contributed by atoms with Crippen molar-refractivity contribution in [2.45, 2.75) is 19.8 Å². The number of methoxy groups -OCH3 is 1. The summed E-state index contributed by atoms with van der Waals surface area (Å²) in [5.41, 5.74) is 0.934. The number of ether oxygens (including phenoxy) is 1. The first-order valence-corrected chi connectivity index (χ1v) is 6.80. The van der Waals surface area contributed by atoms with Crippen LogP contribution in [0, 0.1) is 5.92 Å². The number of amides is 1.